The van der Waals surface area contributed by atoms with E-state index in [9.17, 15) is 14.4 Å². The summed E-state index contributed by atoms with van der Waals surface area (Å²) in [7, 11) is 0. The van der Waals surface area contributed by atoms with Gasteiger partial charge in [-0.3, -0.25) is 9.47 Å². The van der Waals surface area contributed by atoms with Crippen molar-refractivity contribution in [1.29, 1.82) is 5.26 Å². The summed E-state index contributed by atoms with van der Waals surface area (Å²) in [6.45, 7) is 2.43. The number of hydrogen-bond donors (Lipinski definition) is 1. The maximum atomic E-state index is 13.4. The lowest BCUT2D eigenvalue weighted by atomic mass is 10.0. The Hall–Kier alpha value is -3.99. The predicted octanol–water partition coefficient (Wildman–Crippen LogP) is 5.53. The van der Waals surface area contributed by atoms with Gasteiger partial charge in [0, 0.05) is 54.9 Å². The molecule has 0 radical (unpaired) electrons. The van der Waals surface area contributed by atoms with Crippen molar-refractivity contribution >= 4 is 34.6 Å². The quantitative estimate of drug-likeness (QED) is 0.366. The minimum absolute atomic E-state index is 0.173. The molecule has 1 N–H and O–H groups in total. The molecule has 180 valence electrons. The summed E-state index contributed by atoms with van der Waals surface area (Å²) < 4.78 is 15.1. The first-order valence-corrected chi connectivity index (χ1v) is 12.0. The predicted molar refractivity (Wildman–Crippen MR) is 138 cm³/mol. The Kier molecular flexibility index (Phi) is 6.81. The number of hydrogen-bond acceptors (Lipinski definition) is 4. The summed E-state index contributed by atoms with van der Waals surface area (Å²) in [6.07, 6.45) is 6.27. The maximum Gasteiger partial charge on any atom is 0.326 e. The van der Waals surface area contributed by atoms with Crippen molar-refractivity contribution in [2.45, 2.75) is 19.5 Å². The van der Waals surface area contributed by atoms with E-state index in [4.69, 9.17) is 11.6 Å². The molecule has 2 aromatic heterocycles. The molecule has 36 heavy (non-hydrogen) atoms. The van der Waals surface area contributed by atoms with Crippen molar-refractivity contribution in [3.05, 3.63) is 106 Å². The third-order valence-corrected chi connectivity index (χ3v) is 6.59. The van der Waals surface area contributed by atoms with E-state index in [1.165, 1.54) is 12.3 Å². The van der Waals surface area contributed by atoms with Gasteiger partial charge in [-0.05, 0) is 53.1 Å². The number of nitrogens with zero attached hydrogens (tertiary/aromatic N) is 4. The molecule has 1 aliphatic rings. The summed E-state index contributed by atoms with van der Waals surface area (Å²) >= 11 is 5.97. The lowest BCUT2D eigenvalue weighted by Gasteiger charge is -2.27. The molecule has 0 bridgehead atoms. The zero-order chi connectivity index (χ0) is 25.1. The highest BCUT2D eigenvalue weighted by Gasteiger charge is 2.26. The lowest BCUT2D eigenvalue weighted by Crippen LogP contribution is -2.34. The second kappa shape index (κ2) is 10.3. The molecule has 2 aromatic carbocycles. The first-order chi connectivity index (χ1) is 17.5. The van der Waals surface area contributed by atoms with Crippen LogP contribution < -0.4 is 5.32 Å². The van der Waals surface area contributed by atoms with Gasteiger partial charge in [-0.1, -0.05) is 42.0 Å². The molecule has 6 nitrogen and oxygen atoms in total. The van der Waals surface area contributed by atoms with E-state index in [0.717, 1.165) is 35.3 Å². The highest BCUT2D eigenvalue weighted by molar-refractivity contribution is 6.30. The van der Waals surface area contributed by atoms with Gasteiger partial charge in [0.25, 0.3) is 0 Å². The van der Waals surface area contributed by atoms with Crippen LogP contribution in [0.3, 0.4) is 0 Å². The first kappa shape index (κ1) is 23.7. The van der Waals surface area contributed by atoms with Crippen LogP contribution in [0, 0.1) is 17.3 Å². The van der Waals surface area contributed by atoms with Gasteiger partial charge in [0.2, 0.25) is 5.95 Å². The van der Waals surface area contributed by atoms with E-state index in [1.54, 1.807) is 22.8 Å². The Morgan fingerprint density at radius 3 is 2.81 bits per heavy atom. The van der Waals surface area contributed by atoms with Gasteiger partial charge >= 0.3 is 6.03 Å². The standard InChI is InChI=1S/C28H23ClFN5O/c29-22-6-3-19(4-7-22)2-1-12-34-13-10-25-24(18-34)23-8-5-20(16-31)14-26(23)35(25)28(36)33-17-21-9-11-32-27(30)15-21/h1-9,11,14-15H,10,12-13,17-18H2,(H,33,36). The van der Waals surface area contributed by atoms with Crippen LogP contribution in [-0.4, -0.2) is 33.6 Å². The van der Waals surface area contributed by atoms with E-state index in [-0.39, 0.29) is 12.6 Å². The number of rotatable bonds is 5. The smallest absolute Gasteiger partial charge is 0.326 e. The molecule has 3 heterocycles. The van der Waals surface area contributed by atoms with Gasteiger partial charge in [-0.15, -0.1) is 0 Å². The second-order valence-electron chi connectivity index (χ2n) is 8.69. The van der Waals surface area contributed by atoms with Crippen LogP contribution in [-0.2, 0) is 19.5 Å². The monoisotopic (exact) mass is 499 g/mol. The molecule has 1 amide bonds. The van der Waals surface area contributed by atoms with E-state index in [0.29, 0.717) is 34.6 Å². The fourth-order valence-electron chi connectivity index (χ4n) is 4.59. The summed E-state index contributed by atoms with van der Waals surface area (Å²) in [4.78, 5) is 19.2. The number of carbonyl (C=O) groups excluding carboxylic acids is 1. The number of amides is 1. The van der Waals surface area contributed by atoms with Crippen LogP contribution >= 0.6 is 11.6 Å². The Labute approximate surface area is 213 Å². The largest absolute Gasteiger partial charge is 0.333 e. The number of halogens is 2. The third kappa shape index (κ3) is 5.01. The number of nitriles is 1. The van der Waals surface area contributed by atoms with Gasteiger partial charge in [0.1, 0.15) is 0 Å². The van der Waals surface area contributed by atoms with Crippen LogP contribution in [0.5, 0.6) is 0 Å². The molecule has 0 aliphatic carbocycles. The van der Waals surface area contributed by atoms with Crippen molar-refractivity contribution in [1.82, 2.24) is 19.8 Å². The molecule has 1 aliphatic heterocycles. The molecule has 0 spiro atoms. The summed E-state index contributed by atoms with van der Waals surface area (Å²) in [5.41, 5.74) is 4.93. The molecule has 8 heteroatoms. The van der Waals surface area contributed by atoms with Gasteiger partial charge in [-0.25, -0.2) is 9.78 Å². The number of fused-ring (bicyclic) bond motifs is 3. The average molecular weight is 500 g/mol. The van der Waals surface area contributed by atoms with Gasteiger partial charge in [0.05, 0.1) is 17.1 Å². The topological polar surface area (TPSA) is 74.0 Å². The van der Waals surface area contributed by atoms with Crippen LogP contribution in [0.2, 0.25) is 5.02 Å². The fraction of sp³-hybridized carbons (Fsp3) is 0.179. The fourth-order valence-corrected chi connectivity index (χ4v) is 4.72. The van der Waals surface area contributed by atoms with Crippen LogP contribution in [0.25, 0.3) is 17.0 Å². The minimum atomic E-state index is -0.589. The molecule has 4 aromatic rings. The average Bonchev–Trinajstić information content (AvgIpc) is 3.21. The molecule has 0 saturated heterocycles. The van der Waals surface area contributed by atoms with Gasteiger partial charge in [-0.2, -0.15) is 9.65 Å². The van der Waals surface area contributed by atoms with Crippen LogP contribution in [0.4, 0.5) is 9.18 Å². The molecule has 5 rings (SSSR count). The van der Waals surface area contributed by atoms with Crippen molar-refractivity contribution in [2.24, 2.45) is 0 Å². The minimum Gasteiger partial charge on any atom is -0.333 e. The van der Waals surface area contributed by atoms with Crippen molar-refractivity contribution in [2.75, 3.05) is 13.1 Å². The Balaban J connectivity index is 1.39. The Bertz CT molecular complexity index is 1500. The van der Waals surface area contributed by atoms with E-state index < -0.39 is 5.95 Å². The number of nitrogens with one attached hydrogen (secondary N) is 1. The first-order valence-electron chi connectivity index (χ1n) is 11.6. The normalized spacial score (nSPS) is 13.6. The van der Waals surface area contributed by atoms with Crippen LogP contribution in [0.15, 0.2) is 66.9 Å². The zero-order valence-electron chi connectivity index (χ0n) is 19.4. The molecule has 0 atom stereocenters. The van der Waals surface area contributed by atoms with Crippen molar-refractivity contribution in [3.8, 4) is 6.07 Å². The molecule has 0 unspecified atom stereocenters. The Morgan fingerprint density at radius 2 is 2.03 bits per heavy atom. The number of pyridine rings is 1. The van der Waals surface area contributed by atoms with Crippen molar-refractivity contribution in [3.63, 3.8) is 0 Å². The number of aromatic nitrogens is 2. The molecule has 0 fully saturated rings. The van der Waals surface area contributed by atoms with Gasteiger partial charge in [0.15, 0.2) is 0 Å². The maximum absolute atomic E-state index is 13.4. The van der Waals surface area contributed by atoms with Crippen LogP contribution in [0.1, 0.15) is 27.9 Å². The summed E-state index contributed by atoms with van der Waals surface area (Å²) in [5.74, 6) is -0.589. The molecule has 0 saturated carbocycles. The third-order valence-electron chi connectivity index (χ3n) is 6.34. The highest BCUT2D eigenvalue weighted by atomic mass is 35.5. The Morgan fingerprint density at radius 1 is 1.19 bits per heavy atom. The highest BCUT2D eigenvalue weighted by Crippen LogP contribution is 2.31. The van der Waals surface area contributed by atoms with E-state index in [2.05, 4.69) is 33.4 Å². The molecular formula is C28H23ClFN5O. The molecular weight excluding hydrogens is 477 g/mol. The summed E-state index contributed by atoms with van der Waals surface area (Å²) in [6, 6.07) is 18.0. The second-order valence-corrected chi connectivity index (χ2v) is 9.13. The summed E-state index contributed by atoms with van der Waals surface area (Å²) in [5, 5.41) is 14.0. The van der Waals surface area contributed by atoms with E-state index >= 15 is 0 Å². The number of carbonyl (C=O) groups is 1. The lowest BCUT2D eigenvalue weighted by molar-refractivity contribution is 0.240. The zero-order valence-corrected chi connectivity index (χ0v) is 20.2. The van der Waals surface area contributed by atoms with Gasteiger partial charge < -0.3 is 5.32 Å². The SMILES string of the molecule is N#Cc1ccc2c3c(n(C(=O)NCc4ccnc(F)c4)c2c1)CCN(CC=Cc1ccc(Cl)cc1)C3. The van der Waals surface area contributed by atoms with E-state index in [1.807, 2.05) is 30.3 Å². The van der Waals surface area contributed by atoms with Crippen molar-refractivity contribution < 1.29 is 9.18 Å². The number of benzene rings is 2.